The number of fused-ring (bicyclic) bond motifs is 2. The maximum Gasteiger partial charge on any atom is 0.261 e. The number of hydrogen-bond acceptors (Lipinski definition) is 4. The molecular weight excluding hydrogens is 280 g/mol. The molecule has 0 unspecified atom stereocenters. The Bertz CT molecular complexity index is 830. The minimum atomic E-state index is -0.253. The number of carbonyl (C=O) groups is 2. The van der Waals surface area contributed by atoms with Crippen molar-refractivity contribution in [3.05, 3.63) is 65.5 Å². The number of rotatable bonds is 3. The van der Waals surface area contributed by atoms with E-state index in [2.05, 4.69) is 4.98 Å². The summed E-state index contributed by atoms with van der Waals surface area (Å²) >= 11 is 0. The highest BCUT2D eigenvalue weighted by Crippen LogP contribution is 2.23. The lowest BCUT2D eigenvalue weighted by atomic mass is 10.1. The van der Waals surface area contributed by atoms with Gasteiger partial charge in [0.1, 0.15) is 5.52 Å². The fraction of sp³-hybridized carbons (Fsp3) is 0.118. The van der Waals surface area contributed by atoms with E-state index in [9.17, 15) is 9.59 Å². The second kappa shape index (κ2) is 4.80. The molecule has 2 aromatic carbocycles. The zero-order chi connectivity index (χ0) is 15.1. The Morgan fingerprint density at radius 3 is 2.23 bits per heavy atom. The van der Waals surface area contributed by atoms with Gasteiger partial charge in [-0.1, -0.05) is 24.3 Å². The molecule has 108 valence electrons. The molecule has 2 amide bonds. The molecule has 4 rings (SSSR count). The average Bonchev–Trinajstić information content (AvgIpc) is 3.06. The summed E-state index contributed by atoms with van der Waals surface area (Å²) in [6.07, 6.45) is 0.403. The number of nitrogens with zero attached hydrogens (tertiary/aromatic N) is 2. The van der Waals surface area contributed by atoms with Gasteiger partial charge in [0.25, 0.3) is 11.8 Å². The monoisotopic (exact) mass is 292 g/mol. The van der Waals surface area contributed by atoms with Gasteiger partial charge in [-0.15, -0.1) is 0 Å². The van der Waals surface area contributed by atoms with Crippen LogP contribution in [0.25, 0.3) is 11.1 Å². The van der Waals surface area contributed by atoms with Crippen molar-refractivity contribution in [2.45, 2.75) is 6.42 Å². The van der Waals surface area contributed by atoms with Gasteiger partial charge >= 0.3 is 0 Å². The standard InChI is InChI=1S/C17H12N2O3/c20-16-11-5-1-2-6-12(11)17(21)19(16)10-9-15-18-13-7-3-4-8-14(13)22-15/h1-8H,9-10H2. The molecule has 0 saturated carbocycles. The normalized spacial score (nSPS) is 13.9. The van der Waals surface area contributed by atoms with Crippen molar-refractivity contribution in [2.75, 3.05) is 6.54 Å². The van der Waals surface area contributed by atoms with Crippen LogP contribution < -0.4 is 0 Å². The molecule has 0 N–H and O–H groups in total. The summed E-state index contributed by atoms with van der Waals surface area (Å²) in [6.45, 7) is 0.263. The lowest BCUT2D eigenvalue weighted by Gasteiger charge is -2.11. The Hall–Kier alpha value is -2.95. The van der Waals surface area contributed by atoms with Crippen molar-refractivity contribution >= 4 is 22.9 Å². The van der Waals surface area contributed by atoms with E-state index in [-0.39, 0.29) is 18.4 Å². The zero-order valence-electron chi connectivity index (χ0n) is 11.7. The fourth-order valence-corrected chi connectivity index (χ4v) is 2.68. The number of para-hydroxylation sites is 2. The quantitative estimate of drug-likeness (QED) is 0.696. The first-order chi connectivity index (χ1) is 10.7. The second-order valence-corrected chi connectivity index (χ2v) is 5.13. The van der Waals surface area contributed by atoms with E-state index >= 15 is 0 Å². The van der Waals surface area contributed by atoms with Gasteiger partial charge in [0.05, 0.1) is 11.1 Å². The molecule has 22 heavy (non-hydrogen) atoms. The van der Waals surface area contributed by atoms with Crippen LogP contribution in [0.5, 0.6) is 0 Å². The average molecular weight is 292 g/mol. The minimum Gasteiger partial charge on any atom is -0.441 e. The summed E-state index contributed by atoms with van der Waals surface area (Å²) in [4.78, 5) is 30.1. The molecule has 1 aromatic heterocycles. The van der Waals surface area contributed by atoms with Crippen LogP contribution in [-0.2, 0) is 6.42 Å². The van der Waals surface area contributed by atoms with Crippen LogP contribution in [0.2, 0.25) is 0 Å². The van der Waals surface area contributed by atoms with Crippen LogP contribution in [0.3, 0.4) is 0 Å². The Balaban J connectivity index is 1.55. The van der Waals surface area contributed by atoms with E-state index in [0.717, 1.165) is 5.52 Å². The molecule has 0 radical (unpaired) electrons. The molecule has 0 aliphatic carbocycles. The number of benzene rings is 2. The van der Waals surface area contributed by atoms with Crippen molar-refractivity contribution in [3.63, 3.8) is 0 Å². The number of imide groups is 1. The van der Waals surface area contributed by atoms with Gasteiger partial charge in [0, 0.05) is 13.0 Å². The number of hydrogen-bond donors (Lipinski definition) is 0. The minimum absolute atomic E-state index is 0.253. The summed E-state index contributed by atoms with van der Waals surface area (Å²) in [7, 11) is 0. The van der Waals surface area contributed by atoms with Crippen molar-refractivity contribution in [3.8, 4) is 0 Å². The Kier molecular flexibility index (Phi) is 2.79. The van der Waals surface area contributed by atoms with Gasteiger partial charge in [0.15, 0.2) is 11.5 Å². The summed E-state index contributed by atoms with van der Waals surface area (Å²) < 4.78 is 5.62. The highest BCUT2D eigenvalue weighted by Gasteiger charge is 2.34. The van der Waals surface area contributed by atoms with Gasteiger partial charge < -0.3 is 4.42 Å². The molecular formula is C17H12N2O3. The largest absolute Gasteiger partial charge is 0.441 e. The molecule has 2 heterocycles. The SMILES string of the molecule is O=C1c2ccccc2C(=O)N1CCc1nc2ccccc2o1. The first kappa shape index (κ1) is 12.8. The Morgan fingerprint density at radius 1 is 0.909 bits per heavy atom. The molecule has 0 fully saturated rings. The summed E-state index contributed by atoms with van der Waals surface area (Å²) in [5.74, 6) is 0.0196. The summed E-state index contributed by atoms with van der Waals surface area (Å²) in [5.41, 5.74) is 2.41. The Morgan fingerprint density at radius 2 is 1.55 bits per heavy atom. The number of aromatic nitrogens is 1. The van der Waals surface area contributed by atoms with Crippen LogP contribution >= 0.6 is 0 Å². The highest BCUT2D eigenvalue weighted by molar-refractivity contribution is 6.21. The third kappa shape index (κ3) is 1.90. The number of amides is 2. The van der Waals surface area contributed by atoms with Crippen LogP contribution in [0.15, 0.2) is 52.9 Å². The van der Waals surface area contributed by atoms with E-state index in [1.54, 1.807) is 24.3 Å². The van der Waals surface area contributed by atoms with E-state index in [0.29, 0.717) is 29.0 Å². The van der Waals surface area contributed by atoms with Crippen molar-refractivity contribution < 1.29 is 14.0 Å². The number of oxazole rings is 1. The first-order valence-corrected chi connectivity index (χ1v) is 7.04. The predicted octanol–water partition coefficient (Wildman–Crippen LogP) is 2.67. The number of carbonyl (C=O) groups excluding carboxylic acids is 2. The first-order valence-electron chi connectivity index (χ1n) is 7.04. The molecule has 5 nitrogen and oxygen atoms in total. The molecule has 0 saturated heterocycles. The smallest absolute Gasteiger partial charge is 0.261 e. The Labute approximate surface area is 126 Å². The van der Waals surface area contributed by atoms with E-state index in [1.165, 1.54) is 4.90 Å². The van der Waals surface area contributed by atoms with Gasteiger partial charge in [0.2, 0.25) is 0 Å². The van der Waals surface area contributed by atoms with E-state index in [4.69, 9.17) is 4.42 Å². The van der Waals surface area contributed by atoms with Gasteiger partial charge in [-0.25, -0.2) is 4.98 Å². The molecule has 3 aromatic rings. The van der Waals surface area contributed by atoms with Gasteiger partial charge in [-0.2, -0.15) is 0 Å². The maximum absolute atomic E-state index is 12.3. The molecule has 0 bridgehead atoms. The van der Waals surface area contributed by atoms with Crippen LogP contribution in [0, 0.1) is 0 Å². The third-order valence-corrected chi connectivity index (χ3v) is 3.77. The lowest BCUT2D eigenvalue weighted by Crippen LogP contribution is -2.31. The molecule has 1 aliphatic heterocycles. The fourth-order valence-electron chi connectivity index (χ4n) is 2.68. The van der Waals surface area contributed by atoms with Crippen molar-refractivity contribution in [2.24, 2.45) is 0 Å². The van der Waals surface area contributed by atoms with Crippen molar-refractivity contribution in [1.29, 1.82) is 0 Å². The van der Waals surface area contributed by atoms with Crippen molar-refractivity contribution in [1.82, 2.24) is 9.88 Å². The third-order valence-electron chi connectivity index (χ3n) is 3.77. The van der Waals surface area contributed by atoms with Crippen LogP contribution in [0.1, 0.15) is 26.6 Å². The highest BCUT2D eigenvalue weighted by atomic mass is 16.3. The van der Waals surface area contributed by atoms with E-state index < -0.39 is 0 Å². The van der Waals surface area contributed by atoms with Crippen LogP contribution in [-0.4, -0.2) is 28.2 Å². The van der Waals surface area contributed by atoms with E-state index in [1.807, 2.05) is 24.3 Å². The molecule has 1 aliphatic rings. The maximum atomic E-state index is 12.3. The molecule has 0 spiro atoms. The second-order valence-electron chi connectivity index (χ2n) is 5.13. The summed E-state index contributed by atoms with van der Waals surface area (Å²) in [5, 5.41) is 0. The van der Waals surface area contributed by atoms with Crippen LogP contribution in [0.4, 0.5) is 0 Å². The zero-order valence-corrected chi connectivity index (χ0v) is 11.7. The predicted molar refractivity (Wildman–Crippen MR) is 79.5 cm³/mol. The van der Waals surface area contributed by atoms with Gasteiger partial charge in [-0.3, -0.25) is 14.5 Å². The lowest BCUT2D eigenvalue weighted by molar-refractivity contribution is 0.0654. The van der Waals surface area contributed by atoms with Gasteiger partial charge in [-0.05, 0) is 24.3 Å². The summed E-state index contributed by atoms with van der Waals surface area (Å²) in [6, 6.07) is 14.3. The molecule has 0 atom stereocenters. The molecule has 5 heteroatoms. The topological polar surface area (TPSA) is 63.4 Å².